The highest BCUT2D eigenvalue weighted by molar-refractivity contribution is 9.10. The Labute approximate surface area is 121 Å². The van der Waals surface area contributed by atoms with Crippen LogP contribution in [0.25, 0.3) is 16.7 Å². The molecule has 1 aromatic heterocycles. The monoisotopic (exact) mass is 334 g/mol. The number of nitrogens with zero attached hydrogens (tertiary/aromatic N) is 2. The fourth-order valence-corrected chi connectivity index (χ4v) is 2.36. The van der Waals surface area contributed by atoms with Crippen LogP contribution < -0.4 is 0 Å². The number of hydrogen-bond donors (Lipinski definition) is 1. The molecule has 0 radical (unpaired) electrons. The molecule has 100 valence electrons. The van der Waals surface area contributed by atoms with E-state index in [1.165, 1.54) is 24.5 Å². The molecular weight excluding hydrogens is 327 g/mol. The van der Waals surface area contributed by atoms with E-state index in [1.807, 2.05) is 0 Å². The number of hydrogen-bond acceptors (Lipinski definition) is 2. The smallest absolute Gasteiger partial charge is 0.335 e. The summed E-state index contributed by atoms with van der Waals surface area (Å²) in [6.07, 6.45) is 1.47. The Bertz CT molecular complexity index is 829. The van der Waals surface area contributed by atoms with Gasteiger partial charge in [0.2, 0.25) is 0 Å². The van der Waals surface area contributed by atoms with E-state index in [9.17, 15) is 9.18 Å². The van der Waals surface area contributed by atoms with Crippen molar-refractivity contribution in [2.45, 2.75) is 0 Å². The lowest BCUT2D eigenvalue weighted by Gasteiger charge is -2.06. The van der Waals surface area contributed by atoms with Crippen LogP contribution in [0.4, 0.5) is 4.39 Å². The number of rotatable bonds is 2. The second-order valence-corrected chi connectivity index (χ2v) is 5.13. The normalized spacial score (nSPS) is 10.9. The van der Waals surface area contributed by atoms with E-state index >= 15 is 0 Å². The van der Waals surface area contributed by atoms with Gasteiger partial charge >= 0.3 is 5.97 Å². The predicted octanol–water partition coefficient (Wildman–Crippen LogP) is 3.63. The third kappa shape index (κ3) is 2.08. The lowest BCUT2D eigenvalue weighted by atomic mass is 10.2. The summed E-state index contributed by atoms with van der Waals surface area (Å²) in [6.45, 7) is 0. The SMILES string of the molecule is O=C(O)c1ccc2c(c1)ncn2-c1cc(Br)ccc1F. The fourth-order valence-electron chi connectivity index (χ4n) is 2.01. The minimum atomic E-state index is -1.02. The number of carbonyl (C=O) groups is 1. The van der Waals surface area contributed by atoms with Crippen molar-refractivity contribution in [2.24, 2.45) is 0 Å². The maximum absolute atomic E-state index is 13.9. The first-order chi connectivity index (χ1) is 9.56. The minimum Gasteiger partial charge on any atom is -0.478 e. The Morgan fingerprint density at radius 1 is 1.25 bits per heavy atom. The summed E-state index contributed by atoms with van der Waals surface area (Å²) in [5, 5.41) is 8.95. The van der Waals surface area contributed by atoms with Crippen LogP contribution in [0.3, 0.4) is 0 Å². The van der Waals surface area contributed by atoms with Crippen LogP contribution >= 0.6 is 15.9 Å². The van der Waals surface area contributed by atoms with Crippen molar-refractivity contribution < 1.29 is 14.3 Å². The van der Waals surface area contributed by atoms with Gasteiger partial charge in [-0.2, -0.15) is 0 Å². The highest BCUT2D eigenvalue weighted by atomic mass is 79.9. The molecule has 0 amide bonds. The van der Waals surface area contributed by atoms with Gasteiger partial charge in [-0.15, -0.1) is 0 Å². The minimum absolute atomic E-state index is 0.150. The molecule has 0 saturated carbocycles. The Balaban J connectivity index is 2.22. The summed E-state index contributed by atoms with van der Waals surface area (Å²) in [5.74, 6) is -1.40. The molecule has 2 aromatic carbocycles. The van der Waals surface area contributed by atoms with E-state index in [0.717, 1.165) is 4.47 Å². The third-order valence-corrected chi connectivity index (χ3v) is 3.46. The van der Waals surface area contributed by atoms with Crippen molar-refractivity contribution in [3.63, 3.8) is 0 Å². The number of aromatic carboxylic acids is 1. The van der Waals surface area contributed by atoms with E-state index in [0.29, 0.717) is 16.7 Å². The maximum Gasteiger partial charge on any atom is 0.335 e. The van der Waals surface area contributed by atoms with Crippen molar-refractivity contribution in [3.8, 4) is 5.69 Å². The quantitative estimate of drug-likeness (QED) is 0.778. The fraction of sp³-hybridized carbons (Fsp3) is 0. The van der Waals surface area contributed by atoms with Gasteiger partial charge in [0.1, 0.15) is 12.1 Å². The summed E-state index contributed by atoms with van der Waals surface area (Å²) < 4.78 is 16.2. The Kier molecular flexibility index (Phi) is 3.02. The summed E-state index contributed by atoms with van der Waals surface area (Å²) in [6, 6.07) is 9.16. The zero-order valence-corrected chi connectivity index (χ0v) is 11.6. The average Bonchev–Trinajstić information content (AvgIpc) is 2.84. The van der Waals surface area contributed by atoms with Gasteiger partial charge in [0.15, 0.2) is 0 Å². The third-order valence-electron chi connectivity index (χ3n) is 2.96. The number of imidazole rings is 1. The number of halogens is 2. The predicted molar refractivity (Wildman–Crippen MR) is 75.7 cm³/mol. The Morgan fingerprint density at radius 3 is 2.80 bits per heavy atom. The van der Waals surface area contributed by atoms with Gasteiger partial charge in [0.25, 0.3) is 0 Å². The number of fused-ring (bicyclic) bond motifs is 1. The van der Waals surface area contributed by atoms with E-state index in [-0.39, 0.29) is 11.4 Å². The first-order valence-electron chi connectivity index (χ1n) is 5.72. The highest BCUT2D eigenvalue weighted by Crippen LogP contribution is 2.24. The zero-order chi connectivity index (χ0) is 14.3. The first-order valence-corrected chi connectivity index (χ1v) is 6.51. The summed E-state index contributed by atoms with van der Waals surface area (Å²) in [5.41, 5.74) is 1.65. The molecule has 0 unspecified atom stereocenters. The van der Waals surface area contributed by atoms with Gasteiger partial charge in [0.05, 0.1) is 22.3 Å². The average molecular weight is 335 g/mol. The van der Waals surface area contributed by atoms with Gasteiger partial charge in [-0.25, -0.2) is 14.2 Å². The lowest BCUT2D eigenvalue weighted by Crippen LogP contribution is -1.98. The van der Waals surface area contributed by atoms with Crippen LogP contribution in [0.2, 0.25) is 0 Å². The number of benzene rings is 2. The molecule has 1 N–H and O–H groups in total. The van der Waals surface area contributed by atoms with Crippen LogP contribution in [0.1, 0.15) is 10.4 Å². The lowest BCUT2D eigenvalue weighted by molar-refractivity contribution is 0.0697. The molecule has 6 heteroatoms. The standard InChI is InChI=1S/C14H8BrFN2O2/c15-9-2-3-10(16)13(6-9)18-7-17-11-5-8(14(19)20)1-4-12(11)18/h1-7H,(H,19,20). The second kappa shape index (κ2) is 4.72. The van der Waals surface area contributed by atoms with Crippen LogP contribution in [-0.4, -0.2) is 20.6 Å². The van der Waals surface area contributed by atoms with Gasteiger partial charge in [0, 0.05) is 4.47 Å². The van der Waals surface area contributed by atoms with Gasteiger partial charge in [-0.1, -0.05) is 15.9 Å². The molecule has 0 aliphatic rings. The molecule has 0 saturated heterocycles. The zero-order valence-electron chi connectivity index (χ0n) is 10.0. The Morgan fingerprint density at radius 2 is 2.05 bits per heavy atom. The summed E-state index contributed by atoms with van der Waals surface area (Å²) in [7, 11) is 0. The molecule has 0 aliphatic heterocycles. The largest absolute Gasteiger partial charge is 0.478 e. The van der Waals surface area contributed by atoms with Crippen LogP contribution in [0.15, 0.2) is 47.2 Å². The van der Waals surface area contributed by atoms with Gasteiger partial charge < -0.3 is 5.11 Å². The first kappa shape index (κ1) is 12.8. The molecule has 20 heavy (non-hydrogen) atoms. The van der Waals surface area contributed by atoms with E-state index < -0.39 is 5.97 Å². The molecule has 4 nitrogen and oxygen atoms in total. The summed E-state index contributed by atoms with van der Waals surface area (Å²) >= 11 is 3.30. The molecule has 0 bridgehead atoms. The molecule has 0 aliphatic carbocycles. The van der Waals surface area contributed by atoms with E-state index in [1.54, 1.807) is 22.8 Å². The van der Waals surface area contributed by atoms with Crippen molar-refractivity contribution in [3.05, 3.63) is 58.6 Å². The summed E-state index contributed by atoms with van der Waals surface area (Å²) in [4.78, 5) is 15.0. The van der Waals surface area contributed by atoms with Gasteiger partial charge in [-0.3, -0.25) is 4.57 Å². The second-order valence-electron chi connectivity index (χ2n) is 4.22. The van der Waals surface area contributed by atoms with Crippen LogP contribution in [0.5, 0.6) is 0 Å². The number of carboxylic acid groups (broad SMARTS) is 1. The van der Waals surface area contributed by atoms with E-state index in [4.69, 9.17) is 5.11 Å². The highest BCUT2D eigenvalue weighted by Gasteiger charge is 2.11. The van der Waals surface area contributed by atoms with Crippen LogP contribution in [-0.2, 0) is 0 Å². The molecule has 0 atom stereocenters. The number of aromatic nitrogens is 2. The number of carboxylic acids is 1. The van der Waals surface area contributed by atoms with Crippen molar-refractivity contribution in [1.29, 1.82) is 0 Å². The van der Waals surface area contributed by atoms with Gasteiger partial charge in [-0.05, 0) is 36.4 Å². The van der Waals surface area contributed by atoms with Crippen molar-refractivity contribution >= 4 is 32.9 Å². The topological polar surface area (TPSA) is 55.1 Å². The molecule has 1 heterocycles. The van der Waals surface area contributed by atoms with Crippen molar-refractivity contribution in [1.82, 2.24) is 9.55 Å². The Hall–Kier alpha value is -2.21. The maximum atomic E-state index is 13.9. The molecule has 3 aromatic rings. The van der Waals surface area contributed by atoms with Crippen molar-refractivity contribution in [2.75, 3.05) is 0 Å². The molecular formula is C14H8BrFN2O2. The molecule has 3 rings (SSSR count). The van der Waals surface area contributed by atoms with Crippen LogP contribution in [0, 0.1) is 5.82 Å². The molecule has 0 fully saturated rings. The van der Waals surface area contributed by atoms with E-state index in [2.05, 4.69) is 20.9 Å². The molecule has 0 spiro atoms.